The zero-order valence-corrected chi connectivity index (χ0v) is 16.9. The van der Waals surface area contributed by atoms with Crippen LogP contribution >= 0.6 is 0 Å². The third-order valence-electron chi connectivity index (χ3n) is 4.42. The van der Waals surface area contributed by atoms with E-state index in [4.69, 9.17) is 4.74 Å². The Balaban J connectivity index is 1.82. The van der Waals surface area contributed by atoms with Crippen LogP contribution in [0.4, 0.5) is 0 Å². The second-order valence-electron chi connectivity index (χ2n) is 7.66. The molecule has 0 fully saturated rings. The highest BCUT2D eigenvalue weighted by atomic mass is 32.2. The van der Waals surface area contributed by atoms with Crippen molar-refractivity contribution in [2.45, 2.75) is 42.9 Å². The maximum Gasteiger partial charge on any atom is 0.206 e. The lowest BCUT2D eigenvalue weighted by Gasteiger charge is -2.19. The van der Waals surface area contributed by atoms with E-state index in [1.807, 2.05) is 43.3 Å². The van der Waals surface area contributed by atoms with E-state index >= 15 is 0 Å². The molecule has 0 N–H and O–H groups in total. The fraction of sp³-hybridized carbons (Fsp3) is 0.217. The van der Waals surface area contributed by atoms with Gasteiger partial charge in [0, 0.05) is 0 Å². The molecule has 0 heterocycles. The van der Waals surface area contributed by atoms with Gasteiger partial charge in [-0.05, 0) is 66.4 Å². The van der Waals surface area contributed by atoms with E-state index in [-0.39, 0.29) is 10.3 Å². The minimum atomic E-state index is -3.55. The van der Waals surface area contributed by atoms with Crippen molar-refractivity contribution in [2.24, 2.45) is 0 Å². The molecule has 0 aliphatic carbocycles. The summed E-state index contributed by atoms with van der Waals surface area (Å²) in [6.07, 6.45) is 0. The molecule has 3 rings (SSSR count). The van der Waals surface area contributed by atoms with Crippen molar-refractivity contribution in [2.75, 3.05) is 0 Å². The van der Waals surface area contributed by atoms with Crippen molar-refractivity contribution in [3.05, 3.63) is 83.9 Å². The third kappa shape index (κ3) is 4.40. The van der Waals surface area contributed by atoms with Gasteiger partial charge in [0.1, 0.15) is 11.5 Å². The van der Waals surface area contributed by atoms with Crippen LogP contribution in [0.5, 0.6) is 11.5 Å². The molecule has 0 amide bonds. The first-order valence-corrected chi connectivity index (χ1v) is 10.3. The number of benzene rings is 3. The van der Waals surface area contributed by atoms with Gasteiger partial charge in [-0.1, -0.05) is 50.6 Å². The van der Waals surface area contributed by atoms with Crippen molar-refractivity contribution < 1.29 is 13.2 Å². The van der Waals surface area contributed by atoms with Crippen molar-refractivity contribution in [3.8, 4) is 11.5 Å². The van der Waals surface area contributed by atoms with Gasteiger partial charge in [0.2, 0.25) is 9.84 Å². The standard InChI is InChI=1S/C23H24O3S/c1-17-5-9-19(10-6-17)26-20-11-15-22(16-12-20)27(24,25)21-13-7-18(8-14-21)23(2,3)4/h5-16H,1-4H3. The Morgan fingerprint density at radius 3 is 1.52 bits per heavy atom. The molecule has 140 valence electrons. The molecular formula is C23H24O3S. The zero-order valence-electron chi connectivity index (χ0n) is 16.1. The number of sulfone groups is 1. The Bertz CT molecular complexity index is 1010. The average molecular weight is 381 g/mol. The van der Waals surface area contributed by atoms with Gasteiger partial charge in [-0.25, -0.2) is 8.42 Å². The van der Waals surface area contributed by atoms with Crippen LogP contribution in [-0.4, -0.2) is 8.42 Å². The van der Waals surface area contributed by atoms with E-state index in [0.717, 1.165) is 11.1 Å². The lowest BCUT2D eigenvalue weighted by atomic mass is 9.87. The van der Waals surface area contributed by atoms with E-state index in [0.29, 0.717) is 16.4 Å². The van der Waals surface area contributed by atoms with Crippen LogP contribution in [0.2, 0.25) is 0 Å². The van der Waals surface area contributed by atoms with Gasteiger partial charge in [0.25, 0.3) is 0 Å². The monoisotopic (exact) mass is 380 g/mol. The van der Waals surface area contributed by atoms with Crippen LogP contribution in [-0.2, 0) is 15.3 Å². The highest BCUT2D eigenvalue weighted by molar-refractivity contribution is 7.91. The summed E-state index contributed by atoms with van der Waals surface area (Å²) >= 11 is 0. The van der Waals surface area contributed by atoms with E-state index in [9.17, 15) is 8.42 Å². The molecule has 4 heteroatoms. The van der Waals surface area contributed by atoms with Crippen molar-refractivity contribution in [3.63, 3.8) is 0 Å². The number of ether oxygens (including phenoxy) is 1. The Morgan fingerprint density at radius 1 is 0.667 bits per heavy atom. The van der Waals surface area contributed by atoms with E-state index in [1.54, 1.807) is 36.4 Å². The van der Waals surface area contributed by atoms with Crippen LogP contribution in [0.25, 0.3) is 0 Å². The Morgan fingerprint density at radius 2 is 1.07 bits per heavy atom. The largest absolute Gasteiger partial charge is 0.457 e. The summed E-state index contributed by atoms with van der Waals surface area (Å²) in [6.45, 7) is 8.31. The van der Waals surface area contributed by atoms with Gasteiger partial charge in [-0.2, -0.15) is 0 Å². The number of hydrogen-bond acceptors (Lipinski definition) is 3. The van der Waals surface area contributed by atoms with Gasteiger partial charge >= 0.3 is 0 Å². The molecule has 27 heavy (non-hydrogen) atoms. The highest BCUT2D eigenvalue weighted by Gasteiger charge is 2.19. The molecule has 0 unspecified atom stereocenters. The van der Waals surface area contributed by atoms with Gasteiger partial charge in [-0.3, -0.25) is 0 Å². The maximum absolute atomic E-state index is 12.9. The molecule has 3 aromatic rings. The second-order valence-corrected chi connectivity index (χ2v) is 9.61. The molecule has 0 radical (unpaired) electrons. The van der Waals surface area contributed by atoms with Crippen molar-refractivity contribution >= 4 is 9.84 Å². The summed E-state index contributed by atoms with van der Waals surface area (Å²) in [5, 5.41) is 0. The van der Waals surface area contributed by atoms with Gasteiger partial charge in [0.15, 0.2) is 0 Å². The molecule has 3 nitrogen and oxygen atoms in total. The normalized spacial score (nSPS) is 12.0. The van der Waals surface area contributed by atoms with Crippen molar-refractivity contribution in [1.29, 1.82) is 0 Å². The molecule has 0 aromatic heterocycles. The summed E-state index contributed by atoms with van der Waals surface area (Å²) in [4.78, 5) is 0.546. The molecule has 0 spiro atoms. The first-order valence-electron chi connectivity index (χ1n) is 8.86. The van der Waals surface area contributed by atoms with Gasteiger partial charge in [-0.15, -0.1) is 0 Å². The summed E-state index contributed by atoms with van der Waals surface area (Å²) in [7, 11) is -3.55. The van der Waals surface area contributed by atoms with Gasteiger partial charge in [0.05, 0.1) is 9.79 Å². The fourth-order valence-electron chi connectivity index (χ4n) is 2.70. The summed E-state index contributed by atoms with van der Waals surface area (Å²) in [6, 6.07) is 21.3. The van der Waals surface area contributed by atoms with Crippen LogP contribution in [0, 0.1) is 6.92 Å². The first-order chi connectivity index (χ1) is 12.7. The molecule has 0 saturated carbocycles. The molecule has 0 atom stereocenters. The number of hydrogen-bond donors (Lipinski definition) is 0. The van der Waals surface area contributed by atoms with E-state index < -0.39 is 9.84 Å². The van der Waals surface area contributed by atoms with Crippen molar-refractivity contribution in [1.82, 2.24) is 0 Å². The zero-order chi connectivity index (χ0) is 19.7. The third-order valence-corrected chi connectivity index (χ3v) is 6.21. The van der Waals surface area contributed by atoms with Crippen LogP contribution < -0.4 is 4.74 Å². The molecule has 0 bridgehead atoms. The van der Waals surface area contributed by atoms with Crippen LogP contribution in [0.1, 0.15) is 31.9 Å². The van der Waals surface area contributed by atoms with E-state index in [1.165, 1.54) is 0 Å². The predicted molar refractivity (Wildman–Crippen MR) is 108 cm³/mol. The molecule has 3 aromatic carbocycles. The minimum Gasteiger partial charge on any atom is -0.457 e. The predicted octanol–water partition coefficient (Wildman–Crippen LogP) is 5.92. The first kappa shape index (κ1) is 19.2. The van der Waals surface area contributed by atoms with Crippen LogP contribution in [0.3, 0.4) is 0 Å². The maximum atomic E-state index is 12.9. The van der Waals surface area contributed by atoms with Gasteiger partial charge < -0.3 is 4.74 Å². The fourth-order valence-corrected chi connectivity index (χ4v) is 3.96. The lowest BCUT2D eigenvalue weighted by molar-refractivity contribution is 0.482. The Labute approximate surface area is 161 Å². The van der Waals surface area contributed by atoms with E-state index in [2.05, 4.69) is 20.8 Å². The summed E-state index contributed by atoms with van der Waals surface area (Å²) < 4.78 is 31.5. The Kier molecular flexibility index (Phi) is 5.11. The smallest absolute Gasteiger partial charge is 0.206 e. The number of rotatable bonds is 4. The SMILES string of the molecule is Cc1ccc(Oc2ccc(S(=O)(=O)c3ccc(C(C)(C)C)cc3)cc2)cc1. The second kappa shape index (κ2) is 7.20. The lowest BCUT2D eigenvalue weighted by Crippen LogP contribution is -2.11. The molecule has 0 aliphatic heterocycles. The Hall–Kier alpha value is -2.59. The highest BCUT2D eigenvalue weighted by Crippen LogP contribution is 2.28. The number of aryl methyl sites for hydroxylation is 1. The quantitative estimate of drug-likeness (QED) is 0.564. The summed E-state index contributed by atoms with van der Waals surface area (Å²) in [5.41, 5.74) is 2.24. The minimum absolute atomic E-state index is 0.0166. The molecule has 0 aliphatic rings. The summed E-state index contributed by atoms with van der Waals surface area (Å²) in [5.74, 6) is 1.31. The van der Waals surface area contributed by atoms with Crippen LogP contribution in [0.15, 0.2) is 82.6 Å². The topological polar surface area (TPSA) is 43.4 Å². The average Bonchev–Trinajstić information content (AvgIpc) is 2.63. The molecular weight excluding hydrogens is 356 g/mol. The molecule has 0 saturated heterocycles.